The molecule has 0 aromatic heterocycles. The zero-order chi connectivity index (χ0) is 15.4. The molecule has 136 valence electrons. The van der Waals surface area contributed by atoms with Crippen LogP contribution in [0.4, 0.5) is 0 Å². The molecule has 1 unspecified atom stereocenters. The van der Waals surface area contributed by atoms with E-state index in [1.807, 2.05) is 17.0 Å². The second-order valence-corrected chi connectivity index (χ2v) is 6.23. The number of nitrogens with zero attached hydrogens (tertiary/aromatic N) is 2. The Balaban J connectivity index is 0.00000144. The van der Waals surface area contributed by atoms with Gasteiger partial charge in [-0.25, -0.2) is 0 Å². The molecule has 0 radical (unpaired) electrons. The number of morpholine rings is 1. The first kappa shape index (κ1) is 21.5. The fraction of sp³-hybridized carbons (Fsp3) is 0.562. The maximum atomic E-state index is 12.4. The van der Waals surface area contributed by atoms with E-state index in [-0.39, 0.29) is 36.8 Å². The van der Waals surface area contributed by atoms with E-state index in [2.05, 4.69) is 22.3 Å². The Hall–Kier alpha value is -0.560. The lowest BCUT2D eigenvalue weighted by Gasteiger charge is -2.37. The van der Waals surface area contributed by atoms with Crippen LogP contribution in [0, 0.1) is 0 Å². The first-order valence-corrected chi connectivity index (χ1v) is 8.18. The lowest BCUT2D eigenvalue weighted by atomic mass is 10.2. The van der Waals surface area contributed by atoms with E-state index >= 15 is 0 Å². The molecule has 0 bridgehead atoms. The van der Waals surface area contributed by atoms with Crippen LogP contribution < -0.4 is 5.32 Å². The van der Waals surface area contributed by atoms with E-state index in [4.69, 9.17) is 16.3 Å². The normalized spacial score (nSPS) is 21.5. The fourth-order valence-electron chi connectivity index (χ4n) is 2.90. The van der Waals surface area contributed by atoms with Crippen LogP contribution in [-0.2, 0) is 16.1 Å². The van der Waals surface area contributed by atoms with E-state index in [1.54, 1.807) is 0 Å². The molecule has 2 saturated heterocycles. The van der Waals surface area contributed by atoms with Crippen molar-refractivity contribution >= 4 is 42.3 Å². The summed E-state index contributed by atoms with van der Waals surface area (Å²) >= 11 is 5.91. The zero-order valence-electron chi connectivity index (χ0n) is 13.4. The summed E-state index contributed by atoms with van der Waals surface area (Å²) in [5.74, 6) is 0.123. The highest BCUT2D eigenvalue weighted by atomic mass is 35.5. The Morgan fingerprint density at radius 3 is 2.42 bits per heavy atom. The van der Waals surface area contributed by atoms with E-state index in [0.29, 0.717) is 13.2 Å². The largest absolute Gasteiger partial charge is 0.366 e. The minimum absolute atomic E-state index is 0. The second kappa shape index (κ2) is 10.4. The molecule has 1 atom stereocenters. The number of rotatable bonds is 3. The molecule has 0 aliphatic carbocycles. The van der Waals surface area contributed by atoms with E-state index in [1.165, 1.54) is 5.56 Å². The topological polar surface area (TPSA) is 44.8 Å². The lowest BCUT2D eigenvalue weighted by Crippen LogP contribution is -2.54. The molecule has 0 spiro atoms. The molecule has 2 heterocycles. The molecule has 3 rings (SSSR count). The van der Waals surface area contributed by atoms with Crippen molar-refractivity contribution in [3.63, 3.8) is 0 Å². The van der Waals surface area contributed by atoms with Gasteiger partial charge in [-0.2, -0.15) is 0 Å². The summed E-state index contributed by atoms with van der Waals surface area (Å²) in [5.41, 5.74) is 1.25. The van der Waals surface area contributed by atoms with Crippen molar-refractivity contribution in [1.29, 1.82) is 0 Å². The summed E-state index contributed by atoms with van der Waals surface area (Å²) < 4.78 is 5.55. The van der Waals surface area contributed by atoms with Crippen LogP contribution in [0.1, 0.15) is 5.56 Å². The van der Waals surface area contributed by atoms with Crippen molar-refractivity contribution in [2.75, 3.05) is 45.9 Å². The average Bonchev–Trinajstić information content (AvgIpc) is 2.58. The van der Waals surface area contributed by atoms with Crippen LogP contribution in [-0.4, -0.2) is 67.7 Å². The summed E-state index contributed by atoms with van der Waals surface area (Å²) in [5, 5.41) is 3.97. The number of carbonyl (C=O) groups excluding carboxylic acids is 1. The maximum absolute atomic E-state index is 12.4. The van der Waals surface area contributed by atoms with E-state index in [9.17, 15) is 4.79 Å². The van der Waals surface area contributed by atoms with Gasteiger partial charge in [0, 0.05) is 50.8 Å². The Morgan fingerprint density at radius 1 is 1.17 bits per heavy atom. The number of hydrogen-bond acceptors (Lipinski definition) is 4. The van der Waals surface area contributed by atoms with Gasteiger partial charge in [0.15, 0.2) is 0 Å². The molecule has 8 heteroatoms. The standard InChI is InChI=1S/C16H22ClN3O2.2ClH/c17-14-3-1-13(2-4-14)12-19-6-8-20(9-7-19)16(21)15-11-18-5-10-22-15;;/h1-4,15,18H,5-12H2;2*1H. The smallest absolute Gasteiger partial charge is 0.253 e. The van der Waals surface area contributed by atoms with Gasteiger partial charge in [-0.1, -0.05) is 23.7 Å². The molecule has 5 nitrogen and oxygen atoms in total. The highest BCUT2D eigenvalue weighted by Gasteiger charge is 2.29. The fourth-order valence-corrected chi connectivity index (χ4v) is 3.03. The van der Waals surface area contributed by atoms with Gasteiger partial charge in [0.05, 0.1) is 6.61 Å². The van der Waals surface area contributed by atoms with E-state index in [0.717, 1.165) is 44.3 Å². The van der Waals surface area contributed by atoms with Crippen LogP contribution in [0.15, 0.2) is 24.3 Å². The van der Waals surface area contributed by atoms with E-state index < -0.39 is 0 Å². The molecule has 1 aromatic rings. The molecular formula is C16H24Cl3N3O2. The van der Waals surface area contributed by atoms with Crippen LogP contribution >= 0.6 is 36.4 Å². The average molecular weight is 397 g/mol. The number of carbonyl (C=O) groups is 1. The van der Waals surface area contributed by atoms with Crippen LogP contribution in [0.3, 0.4) is 0 Å². The molecule has 24 heavy (non-hydrogen) atoms. The van der Waals surface area contributed by atoms with Gasteiger partial charge >= 0.3 is 0 Å². The summed E-state index contributed by atoms with van der Waals surface area (Å²) in [6, 6.07) is 7.96. The highest BCUT2D eigenvalue weighted by molar-refractivity contribution is 6.30. The molecule has 2 aliphatic heterocycles. The molecule has 2 fully saturated rings. The van der Waals surface area contributed by atoms with Crippen molar-refractivity contribution < 1.29 is 9.53 Å². The Kier molecular flexibility index (Phi) is 9.34. The Morgan fingerprint density at radius 2 is 1.83 bits per heavy atom. The number of hydrogen-bond donors (Lipinski definition) is 1. The number of benzene rings is 1. The Bertz CT molecular complexity index is 502. The first-order chi connectivity index (χ1) is 10.7. The summed E-state index contributed by atoms with van der Waals surface area (Å²) in [7, 11) is 0. The van der Waals surface area contributed by atoms with Crippen molar-refractivity contribution in [3.8, 4) is 0 Å². The maximum Gasteiger partial charge on any atom is 0.253 e. The third-order valence-corrected chi connectivity index (χ3v) is 4.46. The van der Waals surface area contributed by atoms with Crippen LogP contribution in [0.25, 0.3) is 0 Å². The molecule has 1 N–H and O–H groups in total. The quantitative estimate of drug-likeness (QED) is 0.846. The van der Waals surface area contributed by atoms with Crippen molar-refractivity contribution in [2.24, 2.45) is 0 Å². The molecule has 2 aliphatic rings. The van der Waals surface area contributed by atoms with Gasteiger partial charge in [0.25, 0.3) is 5.91 Å². The molecule has 1 aromatic carbocycles. The zero-order valence-corrected chi connectivity index (χ0v) is 15.8. The third-order valence-electron chi connectivity index (χ3n) is 4.21. The Labute approximate surface area is 160 Å². The van der Waals surface area contributed by atoms with Crippen LogP contribution in [0.5, 0.6) is 0 Å². The van der Waals surface area contributed by atoms with Gasteiger partial charge in [0.2, 0.25) is 0 Å². The third kappa shape index (κ3) is 5.76. The first-order valence-electron chi connectivity index (χ1n) is 7.80. The monoisotopic (exact) mass is 395 g/mol. The number of amides is 1. The van der Waals surface area contributed by atoms with Crippen molar-refractivity contribution in [2.45, 2.75) is 12.6 Å². The van der Waals surface area contributed by atoms with Gasteiger partial charge in [0.1, 0.15) is 6.10 Å². The lowest BCUT2D eigenvalue weighted by molar-refractivity contribution is -0.147. The van der Waals surface area contributed by atoms with Gasteiger partial charge < -0.3 is 15.0 Å². The number of piperazine rings is 1. The predicted octanol–water partition coefficient (Wildman–Crippen LogP) is 1.82. The van der Waals surface area contributed by atoms with Crippen LogP contribution in [0.2, 0.25) is 5.02 Å². The summed E-state index contributed by atoms with van der Waals surface area (Å²) in [6.07, 6.45) is -0.309. The minimum Gasteiger partial charge on any atom is -0.366 e. The SMILES string of the molecule is Cl.Cl.O=C(C1CNCCO1)N1CCN(Cc2ccc(Cl)cc2)CC1. The van der Waals surface area contributed by atoms with Crippen molar-refractivity contribution in [3.05, 3.63) is 34.9 Å². The number of halogens is 3. The molecular weight excluding hydrogens is 373 g/mol. The number of nitrogens with one attached hydrogen (secondary N) is 1. The van der Waals surface area contributed by atoms with Crippen molar-refractivity contribution in [1.82, 2.24) is 15.1 Å². The summed E-state index contributed by atoms with van der Waals surface area (Å²) in [6.45, 7) is 6.32. The second-order valence-electron chi connectivity index (χ2n) is 5.79. The molecule has 1 amide bonds. The minimum atomic E-state index is -0.309. The molecule has 0 saturated carbocycles. The summed E-state index contributed by atoms with van der Waals surface area (Å²) in [4.78, 5) is 16.7. The van der Waals surface area contributed by atoms with Gasteiger partial charge in [-0.15, -0.1) is 24.8 Å². The van der Waals surface area contributed by atoms with Gasteiger partial charge in [-0.3, -0.25) is 9.69 Å². The highest BCUT2D eigenvalue weighted by Crippen LogP contribution is 2.13. The van der Waals surface area contributed by atoms with Gasteiger partial charge in [-0.05, 0) is 17.7 Å². The number of ether oxygens (including phenoxy) is 1. The predicted molar refractivity (Wildman–Crippen MR) is 100 cm³/mol.